The smallest absolute Gasteiger partial charge is 0.191 e. The lowest BCUT2D eigenvalue weighted by Crippen LogP contribution is -2.46. The highest BCUT2D eigenvalue weighted by atomic mass is 16.5. The van der Waals surface area contributed by atoms with Gasteiger partial charge in [0.05, 0.1) is 6.61 Å². The van der Waals surface area contributed by atoms with Crippen molar-refractivity contribution >= 4 is 5.96 Å². The molecule has 1 aliphatic carbocycles. The maximum absolute atomic E-state index is 6.00. The molecule has 6 heteroatoms. The number of likely N-dealkylation sites (N-methyl/N-ethyl adjacent to an activating group) is 1. The van der Waals surface area contributed by atoms with E-state index < -0.39 is 0 Å². The lowest BCUT2D eigenvalue weighted by molar-refractivity contribution is 0.136. The first-order valence-corrected chi connectivity index (χ1v) is 11.4. The average Bonchev–Trinajstić information content (AvgIpc) is 3.60. The maximum Gasteiger partial charge on any atom is 0.191 e. The lowest BCUT2D eigenvalue weighted by Gasteiger charge is -2.34. The van der Waals surface area contributed by atoms with Crippen LogP contribution in [0, 0.1) is 5.92 Å². The Hall–Kier alpha value is -1.79. The first-order valence-electron chi connectivity index (χ1n) is 11.4. The minimum Gasteiger partial charge on any atom is -0.493 e. The van der Waals surface area contributed by atoms with Crippen molar-refractivity contribution in [1.29, 1.82) is 0 Å². The van der Waals surface area contributed by atoms with Crippen LogP contribution in [0.15, 0.2) is 29.3 Å². The quantitative estimate of drug-likeness (QED) is 0.339. The number of unbranched alkanes of at least 4 members (excludes halogenated alkanes) is 1. The van der Waals surface area contributed by atoms with Crippen molar-refractivity contribution in [2.75, 3.05) is 59.5 Å². The van der Waals surface area contributed by atoms with Gasteiger partial charge in [0.1, 0.15) is 5.75 Å². The molecule has 162 valence electrons. The fourth-order valence-electron chi connectivity index (χ4n) is 3.68. The molecule has 1 saturated carbocycles. The van der Waals surface area contributed by atoms with E-state index in [0.29, 0.717) is 0 Å². The van der Waals surface area contributed by atoms with E-state index in [1.807, 2.05) is 13.1 Å². The summed E-state index contributed by atoms with van der Waals surface area (Å²) in [7, 11) is 1.83. The minimum atomic E-state index is 0.724. The van der Waals surface area contributed by atoms with Gasteiger partial charge in [0.25, 0.3) is 0 Å². The highest BCUT2D eigenvalue weighted by Crippen LogP contribution is 2.30. The molecule has 0 unspecified atom stereocenters. The third kappa shape index (κ3) is 7.86. The van der Waals surface area contributed by atoms with Crippen molar-refractivity contribution in [3.8, 4) is 5.75 Å². The van der Waals surface area contributed by atoms with E-state index in [1.165, 1.54) is 64.1 Å². The van der Waals surface area contributed by atoms with Crippen molar-refractivity contribution in [3.63, 3.8) is 0 Å². The highest BCUT2D eigenvalue weighted by Gasteiger charge is 2.22. The Morgan fingerprint density at radius 1 is 1.07 bits per heavy atom. The Labute approximate surface area is 176 Å². The summed E-state index contributed by atoms with van der Waals surface area (Å²) < 4.78 is 6.00. The second kappa shape index (κ2) is 12.0. The van der Waals surface area contributed by atoms with Crippen molar-refractivity contribution in [2.45, 2.75) is 39.2 Å². The number of ether oxygens (including phenoxy) is 1. The van der Waals surface area contributed by atoms with E-state index in [4.69, 9.17) is 4.74 Å². The Morgan fingerprint density at radius 3 is 2.55 bits per heavy atom. The molecule has 0 spiro atoms. The third-order valence-electron chi connectivity index (χ3n) is 5.92. The number of piperazine rings is 1. The van der Waals surface area contributed by atoms with Crippen LogP contribution in [0.3, 0.4) is 0 Å². The third-order valence-corrected chi connectivity index (χ3v) is 5.92. The molecule has 0 aromatic heterocycles. The summed E-state index contributed by atoms with van der Waals surface area (Å²) in [6.07, 6.45) is 5.02. The van der Waals surface area contributed by atoms with Gasteiger partial charge in [-0.05, 0) is 50.8 Å². The van der Waals surface area contributed by atoms with E-state index in [-0.39, 0.29) is 0 Å². The molecule has 1 aromatic rings. The molecular weight excluding hydrogens is 362 g/mol. The molecule has 3 rings (SSSR count). The van der Waals surface area contributed by atoms with Crippen LogP contribution in [0.1, 0.15) is 38.2 Å². The van der Waals surface area contributed by atoms with Crippen LogP contribution in [0.4, 0.5) is 0 Å². The van der Waals surface area contributed by atoms with Gasteiger partial charge in [-0.1, -0.05) is 25.1 Å². The summed E-state index contributed by atoms with van der Waals surface area (Å²) in [5, 5.41) is 6.87. The second-order valence-corrected chi connectivity index (χ2v) is 8.20. The zero-order valence-electron chi connectivity index (χ0n) is 18.3. The monoisotopic (exact) mass is 401 g/mol. The Morgan fingerprint density at radius 2 is 1.83 bits per heavy atom. The molecule has 0 atom stereocenters. The fourth-order valence-corrected chi connectivity index (χ4v) is 3.68. The molecule has 1 aliphatic heterocycles. The van der Waals surface area contributed by atoms with Crippen molar-refractivity contribution < 1.29 is 4.74 Å². The molecule has 0 radical (unpaired) electrons. The molecule has 1 aromatic carbocycles. The number of nitrogens with one attached hydrogen (secondary N) is 2. The first kappa shape index (κ1) is 21.9. The Bertz CT molecular complexity index is 623. The number of rotatable bonds is 11. The molecule has 2 fully saturated rings. The van der Waals surface area contributed by atoms with Gasteiger partial charge in [0.15, 0.2) is 5.96 Å². The van der Waals surface area contributed by atoms with Gasteiger partial charge in [-0.3, -0.25) is 4.99 Å². The van der Waals surface area contributed by atoms with Gasteiger partial charge in [-0.15, -0.1) is 0 Å². The number of benzene rings is 1. The van der Waals surface area contributed by atoms with Crippen LogP contribution < -0.4 is 15.4 Å². The van der Waals surface area contributed by atoms with Crippen LogP contribution in [-0.2, 0) is 6.54 Å². The van der Waals surface area contributed by atoms with E-state index in [0.717, 1.165) is 43.7 Å². The van der Waals surface area contributed by atoms with Crippen molar-refractivity contribution in [2.24, 2.45) is 10.9 Å². The second-order valence-electron chi connectivity index (χ2n) is 8.20. The first-order chi connectivity index (χ1) is 14.3. The Balaban J connectivity index is 1.30. The van der Waals surface area contributed by atoms with Gasteiger partial charge < -0.3 is 25.2 Å². The molecular formula is C23H39N5O. The average molecular weight is 402 g/mol. The van der Waals surface area contributed by atoms with Crippen LogP contribution in [0.25, 0.3) is 0 Å². The van der Waals surface area contributed by atoms with Gasteiger partial charge in [0, 0.05) is 51.9 Å². The fraction of sp³-hybridized carbons (Fsp3) is 0.696. The Kier molecular flexibility index (Phi) is 9.09. The molecule has 1 saturated heterocycles. The number of hydrogen-bond donors (Lipinski definition) is 2. The lowest BCUT2D eigenvalue weighted by atomic mass is 10.2. The van der Waals surface area contributed by atoms with Crippen LogP contribution in [-0.4, -0.2) is 75.2 Å². The number of guanidine groups is 1. The molecule has 0 bridgehead atoms. The normalized spacial score (nSPS) is 18.6. The summed E-state index contributed by atoms with van der Waals surface area (Å²) in [5.74, 6) is 2.62. The standard InChI is InChI=1S/C23H39N5O/c1-3-27-14-16-28(17-15-27)13-7-6-12-25-23(24-2)26-18-21-8-4-5-9-22(21)29-19-20-10-11-20/h4-5,8-9,20H,3,6-7,10-19H2,1-2H3,(H2,24,25,26). The predicted octanol–water partition coefficient (Wildman–Crippen LogP) is 2.56. The number of para-hydroxylation sites is 1. The minimum absolute atomic E-state index is 0.724. The molecule has 0 amide bonds. The van der Waals surface area contributed by atoms with Crippen molar-refractivity contribution in [1.82, 2.24) is 20.4 Å². The summed E-state index contributed by atoms with van der Waals surface area (Å²) in [6.45, 7) is 12.0. The topological polar surface area (TPSA) is 52.1 Å². The largest absolute Gasteiger partial charge is 0.493 e. The molecule has 1 heterocycles. The maximum atomic E-state index is 6.00. The van der Waals surface area contributed by atoms with Crippen LogP contribution in [0.5, 0.6) is 5.75 Å². The number of nitrogens with zero attached hydrogens (tertiary/aromatic N) is 3. The van der Waals surface area contributed by atoms with E-state index in [1.54, 1.807) is 0 Å². The molecule has 29 heavy (non-hydrogen) atoms. The number of hydrogen-bond acceptors (Lipinski definition) is 4. The van der Waals surface area contributed by atoms with Crippen LogP contribution in [0.2, 0.25) is 0 Å². The van der Waals surface area contributed by atoms with Gasteiger partial charge in [0.2, 0.25) is 0 Å². The molecule has 6 nitrogen and oxygen atoms in total. The van der Waals surface area contributed by atoms with Gasteiger partial charge >= 0.3 is 0 Å². The predicted molar refractivity (Wildman–Crippen MR) is 121 cm³/mol. The zero-order chi connectivity index (χ0) is 20.3. The molecule has 2 N–H and O–H groups in total. The van der Waals surface area contributed by atoms with Crippen molar-refractivity contribution in [3.05, 3.63) is 29.8 Å². The SMILES string of the molecule is CCN1CCN(CCCCNC(=NC)NCc2ccccc2OCC2CC2)CC1. The number of aliphatic imine (C=N–C) groups is 1. The summed E-state index contributed by atoms with van der Waals surface area (Å²) >= 11 is 0. The summed E-state index contributed by atoms with van der Waals surface area (Å²) in [6, 6.07) is 8.30. The van der Waals surface area contributed by atoms with E-state index in [9.17, 15) is 0 Å². The summed E-state index contributed by atoms with van der Waals surface area (Å²) in [5.41, 5.74) is 1.18. The van der Waals surface area contributed by atoms with Gasteiger partial charge in [-0.25, -0.2) is 0 Å². The van der Waals surface area contributed by atoms with E-state index in [2.05, 4.69) is 50.5 Å². The van der Waals surface area contributed by atoms with Gasteiger partial charge in [-0.2, -0.15) is 0 Å². The zero-order valence-corrected chi connectivity index (χ0v) is 18.3. The highest BCUT2D eigenvalue weighted by molar-refractivity contribution is 5.79. The summed E-state index contributed by atoms with van der Waals surface area (Å²) in [4.78, 5) is 9.49. The molecule has 2 aliphatic rings. The van der Waals surface area contributed by atoms with Crippen LogP contribution >= 0.6 is 0 Å². The van der Waals surface area contributed by atoms with E-state index >= 15 is 0 Å².